The fraction of sp³-hybridized carbons (Fsp3) is 0.833. The molecule has 0 bridgehead atoms. The Kier molecular flexibility index (Phi) is 3.18. The molecule has 1 rings (SSSR count). The summed E-state index contributed by atoms with van der Waals surface area (Å²) >= 11 is 0. The van der Waals surface area contributed by atoms with Crippen LogP contribution in [0.2, 0.25) is 0 Å². The predicted octanol–water partition coefficient (Wildman–Crippen LogP) is 2.98. The molecule has 1 nitrogen and oxygen atoms in total. The molecule has 1 aliphatic rings. The molecule has 0 aliphatic carbocycles. The lowest BCUT2D eigenvalue weighted by Crippen LogP contribution is -2.36. The van der Waals surface area contributed by atoms with Crippen LogP contribution in [0.25, 0.3) is 0 Å². The predicted molar refractivity (Wildman–Crippen MR) is 58.8 cm³/mol. The maximum Gasteiger partial charge on any atom is 0.00695 e. The van der Waals surface area contributed by atoms with Gasteiger partial charge in [-0.05, 0) is 25.2 Å². The zero-order valence-corrected chi connectivity index (χ0v) is 9.48. The summed E-state index contributed by atoms with van der Waals surface area (Å²) in [6.07, 6.45) is 7.13. The third kappa shape index (κ3) is 1.54. The summed E-state index contributed by atoms with van der Waals surface area (Å²) in [6, 6.07) is 0. The molecule has 1 heteroatoms. The van der Waals surface area contributed by atoms with Gasteiger partial charge in [-0.25, -0.2) is 0 Å². The van der Waals surface area contributed by atoms with E-state index in [4.69, 9.17) is 0 Å². The highest BCUT2D eigenvalue weighted by Gasteiger charge is 2.47. The monoisotopic (exact) mass is 181 g/mol. The van der Waals surface area contributed by atoms with E-state index in [1.165, 1.54) is 19.4 Å². The first-order chi connectivity index (χ1) is 6.14. The molecule has 1 aliphatic heterocycles. The maximum atomic E-state index is 3.54. The van der Waals surface area contributed by atoms with Crippen molar-refractivity contribution in [2.75, 3.05) is 13.1 Å². The van der Waals surface area contributed by atoms with Crippen LogP contribution in [0.4, 0.5) is 0 Å². The Balaban J connectivity index is 2.96. The first-order valence-corrected chi connectivity index (χ1v) is 5.48. The van der Waals surface area contributed by atoms with Crippen LogP contribution in [-0.2, 0) is 0 Å². The van der Waals surface area contributed by atoms with E-state index in [0.717, 1.165) is 6.54 Å². The van der Waals surface area contributed by atoms with Crippen LogP contribution >= 0.6 is 0 Å². The van der Waals surface area contributed by atoms with Gasteiger partial charge in [-0.15, -0.1) is 0 Å². The molecule has 1 heterocycles. The van der Waals surface area contributed by atoms with Gasteiger partial charge in [-0.3, -0.25) is 0 Å². The minimum absolute atomic E-state index is 0.399. The largest absolute Gasteiger partial charge is 0.315 e. The Morgan fingerprint density at radius 2 is 1.92 bits per heavy atom. The third-order valence-electron chi connectivity index (χ3n) is 4.05. The summed E-state index contributed by atoms with van der Waals surface area (Å²) in [6.45, 7) is 11.5. The molecular formula is C12H23N. The minimum atomic E-state index is 0.399. The van der Waals surface area contributed by atoms with Gasteiger partial charge in [0.25, 0.3) is 0 Å². The Morgan fingerprint density at radius 3 is 2.38 bits per heavy atom. The summed E-state index contributed by atoms with van der Waals surface area (Å²) < 4.78 is 0. The number of allylic oxidation sites excluding steroid dienone is 1. The molecule has 1 N–H and O–H groups in total. The standard InChI is InChI=1S/C12H23N/c1-5-8-12(7-3)10-13-9-11(12,4)6-2/h5,8,13H,6-7,9-10H2,1-4H3/b8-5-. The van der Waals surface area contributed by atoms with Crippen LogP contribution in [0.3, 0.4) is 0 Å². The molecule has 76 valence electrons. The summed E-state index contributed by atoms with van der Waals surface area (Å²) in [5.41, 5.74) is 0.852. The van der Waals surface area contributed by atoms with Gasteiger partial charge < -0.3 is 5.32 Å². The minimum Gasteiger partial charge on any atom is -0.315 e. The Morgan fingerprint density at radius 1 is 1.23 bits per heavy atom. The summed E-state index contributed by atoms with van der Waals surface area (Å²) in [5, 5.41) is 3.54. The normalized spacial score (nSPS) is 40.3. The van der Waals surface area contributed by atoms with Gasteiger partial charge in [0.2, 0.25) is 0 Å². The van der Waals surface area contributed by atoms with E-state index < -0.39 is 0 Å². The van der Waals surface area contributed by atoms with E-state index in [2.05, 4.69) is 45.2 Å². The lowest BCUT2D eigenvalue weighted by Gasteiger charge is -2.40. The second-order valence-electron chi connectivity index (χ2n) is 4.53. The van der Waals surface area contributed by atoms with Gasteiger partial charge in [0.15, 0.2) is 0 Å². The van der Waals surface area contributed by atoms with E-state index in [0.29, 0.717) is 10.8 Å². The molecule has 2 atom stereocenters. The Hall–Kier alpha value is -0.300. The average Bonchev–Trinajstić information content (AvgIpc) is 2.46. The third-order valence-corrected chi connectivity index (χ3v) is 4.05. The van der Waals surface area contributed by atoms with Crippen molar-refractivity contribution in [1.82, 2.24) is 5.32 Å². The molecule has 0 radical (unpaired) electrons. The van der Waals surface area contributed by atoms with Crippen molar-refractivity contribution in [1.29, 1.82) is 0 Å². The lowest BCUT2D eigenvalue weighted by molar-refractivity contribution is 0.157. The Bertz CT molecular complexity index is 197. The van der Waals surface area contributed by atoms with E-state index in [-0.39, 0.29) is 0 Å². The van der Waals surface area contributed by atoms with Gasteiger partial charge in [-0.2, -0.15) is 0 Å². The molecule has 1 fully saturated rings. The van der Waals surface area contributed by atoms with Crippen molar-refractivity contribution >= 4 is 0 Å². The smallest absolute Gasteiger partial charge is 0.00695 e. The topological polar surface area (TPSA) is 12.0 Å². The average molecular weight is 181 g/mol. The van der Waals surface area contributed by atoms with Crippen molar-refractivity contribution in [3.8, 4) is 0 Å². The maximum absolute atomic E-state index is 3.54. The van der Waals surface area contributed by atoms with E-state index in [1.54, 1.807) is 0 Å². The molecule has 13 heavy (non-hydrogen) atoms. The van der Waals surface area contributed by atoms with Crippen molar-refractivity contribution in [2.45, 2.75) is 40.5 Å². The van der Waals surface area contributed by atoms with E-state index >= 15 is 0 Å². The van der Waals surface area contributed by atoms with Crippen molar-refractivity contribution < 1.29 is 0 Å². The van der Waals surface area contributed by atoms with Crippen molar-refractivity contribution in [3.63, 3.8) is 0 Å². The van der Waals surface area contributed by atoms with Crippen LogP contribution in [0.5, 0.6) is 0 Å². The van der Waals surface area contributed by atoms with Gasteiger partial charge in [-0.1, -0.05) is 32.9 Å². The van der Waals surface area contributed by atoms with Crippen LogP contribution in [0, 0.1) is 10.8 Å². The molecular weight excluding hydrogens is 158 g/mol. The highest BCUT2D eigenvalue weighted by molar-refractivity contribution is 5.12. The zero-order chi connectivity index (χ0) is 9.95. The number of hydrogen-bond acceptors (Lipinski definition) is 1. The van der Waals surface area contributed by atoms with Crippen LogP contribution in [-0.4, -0.2) is 13.1 Å². The molecule has 0 aromatic carbocycles. The van der Waals surface area contributed by atoms with Gasteiger partial charge in [0.05, 0.1) is 0 Å². The number of hydrogen-bond donors (Lipinski definition) is 1. The zero-order valence-electron chi connectivity index (χ0n) is 9.48. The second kappa shape index (κ2) is 3.83. The van der Waals surface area contributed by atoms with Crippen LogP contribution in [0.1, 0.15) is 40.5 Å². The Labute approximate surface area is 82.6 Å². The van der Waals surface area contributed by atoms with Gasteiger partial charge in [0, 0.05) is 18.5 Å². The molecule has 1 saturated heterocycles. The quantitative estimate of drug-likeness (QED) is 0.660. The summed E-state index contributed by atoms with van der Waals surface area (Å²) in [5.74, 6) is 0. The molecule has 0 aromatic rings. The highest BCUT2D eigenvalue weighted by Crippen LogP contribution is 2.48. The second-order valence-corrected chi connectivity index (χ2v) is 4.53. The van der Waals surface area contributed by atoms with Crippen LogP contribution < -0.4 is 5.32 Å². The summed E-state index contributed by atoms with van der Waals surface area (Å²) in [7, 11) is 0. The SMILES string of the molecule is C/C=C\C1(CC)CNCC1(C)CC. The summed E-state index contributed by atoms with van der Waals surface area (Å²) in [4.78, 5) is 0. The lowest BCUT2D eigenvalue weighted by atomic mass is 9.63. The van der Waals surface area contributed by atoms with Crippen LogP contribution in [0.15, 0.2) is 12.2 Å². The van der Waals surface area contributed by atoms with E-state index in [1.807, 2.05) is 0 Å². The fourth-order valence-corrected chi connectivity index (χ4v) is 2.68. The molecule has 0 saturated carbocycles. The number of rotatable bonds is 3. The molecule has 0 spiro atoms. The van der Waals surface area contributed by atoms with Crippen molar-refractivity contribution in [3.05, 3.63) is 12.2 Å². The molecule has 0 aromatic heterocycles. The van der Waals surface area contributed by atoms with Crippen molar-refractivity contribution in [2.24, 2.45) is 10.8 Å². The van der Waals surface area contributed by atoms with E-state index in [9.17, 15) is 0 Å². The fourth-order valence-electron chi connectivity index (χ4n) is 2.68. The number of nitrogens with one attached hydrogen (secondary N) is 1. The van der Waals surface area contributed by atoms with Gasteiger partial charge >= 0.3 is 0 Å². The first kappa shape index (κ1) is 10.8. The molecule has 2 unspecified atom stereocenters. The van der Waals surface area contributed by atoms with Gasteiger partial charge in [0.1, 0.15) is 0 Å². The first-order valence-electron chi connectivity index (χ1n) is 5.48. The highest BCUT2D eigenvalue weighted by atomic mass is 15.0. The molecule has 0 amide bonds.